The molecule has 118 valence electrons. The minimum absolute atomic E-state index is 0.0756. The van der Waals surface area contributed by atoms with Crippen LogP contribution in [0, 0.1) is 0 Å². The summed E-state index contributed by atoms with van der Waals surface area (Å²) in [6.45, 7) is 8.88. The molecule has 0 aromatic rings. The molecule has 4 heteroatoms. The molecule has 2 fully saturated rings. The number of hydrogen-bond acceptors (Lipinski definition) is 4. The Balaban J connectivity index is 1.48. The fraction of sp³-hybridized carbons (Fsp3) is 1.00. The summed E-state index contributed by atoms with van der Waals surface area (Å²) in [6, 6.07) is 0.604. The molecule has 0 aromatic carbocycles. The van der Waals surface area contributed by atoms with E-state index in [0.717, 1.165) is 65.1 Å². The highest BCUT2D eigenvalue weighted by molar-refractivity contribution is 4.85. The highest BCUT2D eigenvalue weighted by atomic mass is 16.5. The summed E-state index contributed by atoms with van der Waals surface area (Å²) in [7, 11) is 0. The molecule has 2 aliphatic heterocycles. The molecular formula is C16H31NO3. The predicted molar refractivity (Wildman–Crippen MR) is 80.1 cm³/mol. The van der Waals surface area contributed by atoms with E-state index in [1.165, 1.54) is 6.42 Å². The average molecular weight is 285 g/mol. The smallest absolute Gasteiger partial charge is 0.0809 e. The maximum absolute atomic E-state index is 5.87. The zero-order valence-corrected chi connectivity index (χ0v) is 13.2. The van der Waals surface area contributed by atoms with Crippen LogP contribution in [-0.2, 0) is 14.2 Å². The Hall–Kier alpha value is -0.160. The van der Waals surface area contributed by atoms with Gasteiger partial charge in [-0.15, -0.1) is 0 Å². The SMILES string of the molecule is CCC1(C)CC(NCCCOCC2CCCO2)CCO1. The van der Waals surface area contributed by atoms with Crippen LogP contribution < -0.4 is 5.32 Å². The van der Waals surface area contributed by atoms with Crippen LogP contribution in [0.1, 0.15) is 52.4 Å². The highest BCUT2D eigenvalue weighted by Gasteiger charge is 2.31. The number of rotatable bonds is 8. The molecule has 0 amide bonds. The van der Waals surface area contributed by atoms with Crippen LogP contribution in [-0.4, -0.2) is 50.7 Å². The number of hydrogen-bond donors (Lipinski definition) is 1. The van der Waals surface area contributed by atoms with Gasteiger partial charge in [-0.05, 0) is 52.0 Å². The standard InChI is InChI=1S/C16H31NO3/c1-3-16(2)12-14(7-11-20-16)17-8-5-9-18-13-15-6-4-10-19-15/h14-15,17H,3-13H2,1-2H3. The van der Waals surface area contributed by atoms with Crippen molar-refractivity contribution < 1.29 is 14.2 Å². The molecule has 0 radical (unpaired) electrons. The largest absolute Gasteiger partial charge is 0.379 e. The van der Waals surface area contributed by atoms with E-state index in [9.17, 15) is 0 Å². The molecule has 4 nitrogen and oxygen atoms in total. The van der Waals surface area contributed by atoms with Crippen molar-refractivity contribution in [2.75, 3.05) is 33.0 Å². The van der Waals surface area contributed by atoms with Crippen LogP contribution in [0.25, 0.3) is 0 Å². The van der Waals surface area contributed by atoms with E-state index in [0.29, 0.717) is 12.1 Å². The Bertz CT molecular complexity index is 268. The van der Waals surface area contributed by atoms with Gasteiger partial charge in [-0.2, -0.15) is 0 Å². The first-order valence-electron chi connectivity index (χ1n) is 8.28. The van der Waals surface area contributed by atoms with Crippen molar-refractivity contribution in [1.82, 2.24) is 5.32 Å². The predicted octanol–water partition coefficient (Wildman–Crippen LogP) is 2.51. The number of nitrogens with one attached hydrogen (secondary N) is 1. The third kappa shape index (κ3) is 5.32. The molecule has 0 spiro atoms. The monoisotopic (exact) mass is 285 g/mol. The fourth-order valence-corrected chi connectivity index (χ4v) is 3.02. The first kappa shape index (κ1) is 16.2. The zero-order valence-electron chi connectivity index (χ0n) is 13.2. The van der Waals surface area contributed by atoms with Gasteiger partial charge in [0.15, 0.2) is 0 Å². The molecule has 0 aromatic heterocycles. The van der Waals surface area contributed by atoms with Gasteiger partial charge in [-0.1, -0.05) is 6.92 Å². The summed E-state index contributed by atoms with van der Waals surface area (Å²) in [6.07, 6.45) is 7.13. The topological polar surface area (TPSA) is 39.7 Å². The van der Waals surface area contributed by atoms with E-state index in [1.807, 2.05) is 0 Å². The Morgan fingerprint density at radius 1 is 1.30 bits per heavy atom. The molecule has 3 unspecified atom stereocenters. The van der Waals surface area contributed by atoms with E-state index in [-0.39, 0.29) is 5.60 Å². The number of ether oxygens (including phenoxy) is 3. The average Bonchev–Trinajstić information content (AvgIpc) is 2.96. The van der Waals surface area contributed by atoms with Gasteiger partial charge in [-0.25, -0.2) is 0 Å². The lowest BCUT2D eigenvalue weighted by Gasteiger charge is -2.38. The first-order chi connectivity index (χ1) is 9.72. The molecule has 0 aliphatic carbocycles. The van der Waals surface area contributed by atoms with Gasteiger partial charge in [0, 0.05) is 25.9 Å². The van der Waals surface area contributed by atoms with Crippen LogP contribution in [0.15, 0.2) is 0 Å². The minimum Gasteiger partial charge on any atom is -0.379 e. The van der Waals surface area contributed by atoms with E-state index < -0.39 is 0 Å². The summed E-state index contributed by atoms with van der Waals surface area (Å²) in [5, 5.41) is 3.65. The lowest BCUT2D eigenvalue weighted by molar-refractivity contribution is -0.0780. The maximum Gasteiger partial charge on any atom is 0.0809 e. The van der Waals surface area contributed by atoms with Crippen LogP contribution in [0.4, 0.5) is 0 Å². The summed E-state index contributed by atoms with van der Waals surface area (Å²) in [5.74, 6) is 0. The van der Waals surface area contributed by atoms with Crippen LogP contribution >= 0.6 is 0 Å². The Morgan fingerprint density at radius 2 is 2.20 bits per heavy atom. The van der Waals surface area contributed by atoms with Gasteiger partial charge in [0.05, 0.1) is 18.3 Å². The highest BCUT2D eigenvalue weighted by Crippen LogP contribution is 2.27. The molecule has 2 aliphatic rings. The molecular weight excluding hydrogens is 254 g/mol. The molecule has 1 N–H and O–H groups in total. The summed E-state index contributed by atoms with van der Waals surface area (Å²) >= 11 is 0. The van der Waals surface area contributed by atoms with E-state index in [1.54, 1.807) is 0 Å². The lowest BCUT2D eigenvalue weighted by Crippen LogP contribution is -2.45. The third-order valence-electron chi connectivity index (χ3n) is 4.57. The third-order valence-corrected chi connectivity index (χ3v) is 4.57. The van der Waals surface area contributed by atoms with Crippen molar-refractivity contribution in [3.05, 3.63) is 0 Å². The Morgan fingerprint density at radius 3 is 2.95 bits per heavy atom. The van der Waals surface area contributed by atoms with Crippen molar-refractivity contribution >= 4 is 0 Å². The minimum atomic E-state index is 0.0756. The van der Waals surface area contributed by atoms with E-state index >= 15 is 0 Å². The molecule has 0 bridgehead atoms. The van der Waals surface area contributed by atoms with Crippen LogP contribution in [0.2, 0.25) is 0 Å². The fourth-order valence-electron chi connectivity index (χ4n) is 3.02. The van der Waals surface area contributed by atoms with Crippen LogP contribution in [0.5, 0.6) is 0 Å². The molecule has 0 saturated carbocycles. The van der Waals surface area contributed by atoms with Crippen molar-refractivity contribution in [3.63, 3.8) is 0 Å². The second-order valence-corrected chi connectivity index (χ2v) is 6.36. The van der Waals surface area contributed by atoms with Gasteiger partial charge >= 0.3 is 0 Å². The molecule has 2 saturated heterocycles. The summed E-state index contributed by atoms with van der Waals surface area (Å²) < 4.78 is 17.1. The van der Waals surface area contributed by atoms with Gasteiger partial charge in [0.1, 0.15) is 0 Å². The second kappa shape index (κ2) is 8.32. The van der Waals surface area contributed by atoms with Crippen molar-refractivity contribution in [2.24, 2.45) is 0 Å². The lowest BCUT2D eigenvalue weighted by atomic mass is 9.90. The normalized spacial score (nSPS) is 34.5. The van der Waals surface area contributed by atoms with Gasteiger partial charge in [0.2, 0.25) is 0 Å². The first-order valence-corrected chi connectivity index (χ1v) is 8.28. The van der Waals surface area contributed by atoms with Crippen molar-refractivity contribution in [1.29, 1.82) is 0 Å². The van der Waals surface area contributed by atoms with Crippen molar-refractivity contribution in [2.45, 2.75) is 70.1 Å². The second-order valence-electron chi connectivity index (χ2n) is 6.36. The van der Waals surface area contributed by atoms with Gasteiger partial charge < -0.3 is 19.5 Å². The molecule has 2 rings (SSSR count). The zero-order chi connectivity index (χ0) is 14.3. The van der Waals surface area contributed by atoms with Crippen LogP contribution in [0.3, 0.4) is 0 Å². The van der Waals surface area contributed by atoms with Crippen molar-refractivity contribution in [3.8, 4) is 0 Å². The molecule has 3 atom stereocenters. The van der Waals surface area contributed by atoms with E-state index in [4.69, 9.17) is 14.2 Å². The summed E-state index contributed by atoms with van der Waals surface area (Å²) in [5.41, 5.74) is 0.0756. The molecule has 20 heavy (non-hydrogen) atoms. The van der Waals surface area contributed by atoms with Gasteiger partial charge in [0.25, 0.3) is 0 Å². The summed E-state index contributed by atoms with van der Waals surface area (Å²) in [4.78, 5) is 0. The molecule has 2 heterocycles. The quantitative estimate of drug-likeness (QED) is 0.696. The van der Waals surface area contributed by atoms with E-state index in [2.05, 4.69) is 19.2 Å². The Kier molecular flexibility index (Phi) is 6.75. The Labute approximate surface area is 123 Å². The maximum atomic E-state index is 5.87. The van der Waals surface area contributed by atoms with Gasteiger partial charge in [-0.3, -0.25) is 0 Å².